The minimum Gasteiger partial charge on any atom is -0.435 e. The molecule has 2 heterocycles. The summed E-state index contributed by atoms with van der Waals surface area (Å²) in [4.78, 5) is 4.08. The molecule has 0 spiro atoms. The van der Waals surface area contributed by atoms with Gasteiger partial charge in [0.05, 0.1) is 16.8 Å². The number of ether oxygens (including phenoxy) is 1. The van der Waals surface area contributed by atoms with Crippen molar-refractivity contribution in [3.8, 4) is 5.75 Å². The zero-order chi connectivity index (χ0) is 14.3. The fourth-order valence-corrected chi connectivity index (χ4v) is 1.70. The number of rotatable bonds is 3. The monoisotopic (exact) mass is 271 g/mol. The van der Waals surface area contributed by atoms with Crippen molar-refractivity contribution in [2.24, 2.45) is 0 Å². The summed E-state index contributed by atoms with van der Waals surface area (Å²) in [5.74, 6) is 0.0368. The molecule has 0 aliphatic carbocycles. The Morgan fingerprint density at radius 2 is 1.79 bits per heavy atom. The Morgan fingerprint density at radius 3 is 2.32 bits per heavy atom. The van der Waals surface area contributed by atoms with E-state index in [2.05, 4.69) is 9.72 Å². The Kier molecular flexibility index (Phi) is 3.53. The Balaban J connectivity index is 2.20. The molecule has 7 heteroatoms. The molecule has 0 amide bonds. The standard InChI is InChI=1S/C12H16BF2NO3/c1-11(2)12(3,4)19-13(18-11)9-7-8(5-6-16-9)17-10(14)15/h5-7,10H,1-4H3. The number of aromatic nitrogens is 1. The van der Waals surface area contributed by atoms with Crippen molar-refractivity contribution >= 4 is 12.7 Å². The van der Waals surface area contributed by atoms with Gasteiger partial charge in [0.2, 0.25) is 0 Å². The van der Waals surface area contributed by atoms with Gasteiger partial charge in [0.15, 0.2) is 0 Å². The topological polar surface area (TPSA) is 40.6 Å². The second-order valence-corrected chi connectivity index (χ2v) is 5.38. The molecule has 2 rings (SSSR count). The van der Waals surface area contributed by atoms with Crippen LogP contribution in [0.3, 0.4) is 0 Å². The highest BCUT2D eigenvalue weighted by Gasteiger charge is 2.52. The number of hydrogen-bond donors (Lipinski definition) is 0. The van der Waals surface area contributed by atoms with Crippen LogP contribution < -0.4 is 10.3 Å². The van der Waals surface area contributed by atoms with E-state index in [1.807, 2.05) is 27.7 Å². The first-order valence-electron chi connectivity index (χ1n) is 5.98. The highest BCUT2D eigenvalue weighted by molar-refractivity contribution is 6.61. The van der Waals surface area contributed by atoms with Gasteiger partial charge in [-0.2, -0.15) is 8.78 Å². The molecule has 0 bridgehead atoms. The number of halogens is 2. The summed E-state index contributed by atoms with van der Waals surface area (Å²) in [6, 6.07) is 2.76. The molecule has 1 aromatic rings. The maximum atomic E-state index is 12.2. The number of nitrogens with zero attached hydrogens (tertiary/aromatic N) is 1. The largest absolute Gasteiger partial charge is 0.514 e. The zero-order valence-electron chi connectivity index (χ0n) is 11.3. The lowest BCUT2D eigenvalue weighted by atomic mass is 9.84. The fourth-order valence-electron chi connectivity index (χ4n) is 1.70. The van der Waals surface area contributed by atoms with Crippen LogP contribution >= 0.6 is 0 Å². The minimum atomic E-state index is -2.87. The van der Waals surface area contributed by atoms with Crippen LogP contribution in [0.25, 0.3) is 0 Å². The van der Waals surface area contributed by atoms with E-state index in [9.17, 15) is 8.78 Å². The molecule has 1 fully saturated rings. The van der Waals surface area contributed by atoms with Crippen molar-refractivity contribution in [3.63, 3.8) is 0 Å². The van der Waals surface area contributed by atoms with Crippen molar-refractivity contribution in [2.45, 2.75) is 45.5 Å². The maximum absolute atomic E-state index is 12.2. The second-order valence-electron chi connectivity index (χ2n) is 5.38. The lowest BCUT2D eigenvalue weighted by Gasteiger charge is -2.32. The average molecular weight is 271 g/mol. The normalized spacial score (nSPS) is 20.9. The van der Waals surface area contributed by atoms with Crippen molar-refractivity contribution in [1.82, 2.24) is 4.98 Å². The van der Waals surface area contributed by atoms with Crippen LogP contribution in [0.15, 0.2) is 18.3 Å². The van der Waals surface area contributed by atoms with Gasteiger partial charge < -0.3 is 14.0 Å². The number of pyridine rings is 1. The summed E-state index contributed by atoms with van der Waals surface area (Å²) in [7, 11) is -0.689. The first kappa shape index (κ1) is 14.2. The third kappa shape index (κ3) is 2.87. The van der Waals surface area contributed by atoms with Crippen LogP contribution in [0, 0.1) is 0 Å². The quantitative estimate of drug-likeness (QED) is 0.788. The highest BCUT2D eigenvalue weighted by atomic mass is 19.3. The van der Waals surface area contributed by atoms with E-state index in [-0.39, 0.29) is 5.75 Å². The summed E-state index contributed by atoms with van der Waals surface area (Å²) >= 11 is 0. The van der Waals surface area contributed by atoms with Crippen LogP contribution in [0.4, 0.5) is 8.78 Å². The molecule has 0 radical (unpaired) electrons. The third-order valence-electron chi connectivity index (χ3n) is 3.47. The van der Waals surface area contributed by atoms with Gasteiger partial charge in [-0.3, -0.25) is 4.98 Å². The lowest BCUT2D eigenvalue weighted by molar-refractivity contribution is -0.0498. The van der Waals surface area contributed by atoms with E-state index in [0.717, 1.165) is 0 Å². The minimum absolute atomic E-state index is 0.0368. The average Bonchev–Trinajstić information content (AvgIpc) is 2.47. The zero-order valence-corrected chi connectivity index (χ0v) is 11.3. The molecule has 1 aromatic heterocycles. The third-order valence-corrected chi connectivity index (χ3v) is 3.47. The summed E-state index contributed by atoms with van der Waals surface area (Å²) in [6.45, 7) is 4.77. The van der Waals surface area contributed by atoms with Crippen LogP contribution in [-0.4, -0.2) is 29.9 Å². The van der Waals surface area contributed by atoms with Crippen molar-refractivity contribution < 1.29 is 22.8 Å². The molecule has 0 atom stereocenters. The van der Waals surface area contributed by atoms with Crippen molar-refractivity contribution in [1.29, 1.82) is 0 Å². The van der Waals surface area contributed by atoms with Gasteiger partial charge in [-0.15, -0.1) is 0 Å². The highest BCUT2D eigenvalue weighted by Crippen LogP contribution is 2.36. The Hall–Kier alpha value is -1.21. The fraction of sp³-hybridized carbons (Fsp3) is 0.583. The van der Waals surface area contributed by atoms with Gasteiger partial charge in [-0.1, -0.05) is 0 Å². The smallest absolute Gasteiger partial charge is 0.435 e. The molecule has 19 heavy (non-hydrogen) atoms. The Bertz CT molecular complexity index is 452. The Labute approximate surface area is 111 Å². The molecule has 0 unspecified atom stereocenters. The van der Waals surface area contributed by atoms with Crippen LogP contribution in [0.1, 0.15) is 27.7 Å². The Morgan fingerprint density at radius 1 is 1.21 bits per heavy atom. The van der Waals surface area contributed by atoms with E-state index in [1.165, 1.54) is 18.3 Å². The predicted octanol–water partition coefficient (Wildman–Crippen LogP) is 1.98. The summed E-state index contributed by atoms with van der Waals surface area (Å²) in [6.07, 6.45) is 1.39. The van der Waals surface area contributed by atoms with Crippen LogP contribution in [0.2, 0.25) is 0 Å². The molecular formula is C12H16BF2NO3. The predicted molar refractivity (Wildman–Crippen MR) is 66.6 cm³/mol. The van der Waals surface area contributed by atoms with E-state index in [0.29, 0.717) is 5.59 Å². The number of hydrogen-bond acceptors (Lipinski definition) is 4. The van der Waals surface area contributed by atoms with E-state index < -0.39 is 24.9 Å². The maximum Gasteiger partial charge on any atom is 0.514 e. The van der Waals surface area contributed by atoms with Gasteiger partial charge in [-0.05, 0) is 39.8 Å². The SMILES string of the molecule is CC1(C)OB(c2cc(OC(F)F)ccn2)OC1(C)C. The molecule has 104 valence electrons. The summed E-state index contributed by atoms with van der Waals surface area (Å²) in [5.41, 5.74) is -0.588. The summed E-state index contributed by atoms with van der Waals surface area (Å²) in [5, 5.41) is 0. The molecule has 0 aromatic carbocycles. The lowest BCUT2D eigenvalue weighted by Crippen LogP contribution is -2.41. The molecule has 4 nitrogen and oxygen atoms in total. The molecule has 1 saturated heterocycles. The summed E-state index contributed by atoms with van der Waals surface area (Å²) < 4.78 is 40.2. The molecule has 0 N–H and O–H groups in total. The molecule has 1 aliphatic heterocycles. The number of alkyl halides is 2. The van der Waals surface area contributed by atoms with Crippen LogP contribution in [0.5, 0.6) is 5.75 Å². The van der Waals surface area contributed by atoms with Crippen molar-refractivity contribution in [2.75, 3.05) is 0 Å². The van der Waals surface area contributed by atoms with E-state index in [1.54, 1.807) is 0 Å². The van der Waals surface area contributed by atoms with Gasteiger partial charge in [0.1, 0.15) is 5.75 Å². The molecule has 1 aliphatic rings. The van der Waals surface area contributed by atoms with E-state index in [4.69, 9.17) is 9.31 Å². The molecular weight excluding hydrogens is 255 g/mol. The van der Waals surface area contributed by atoms with Crippen molar-refractivity contribution in [3.05, 3.63) is 18.3 Å². The van der Waals surface area contributed by atoms with Gasteiger partial charge >= 0.3 is 13.7 Å². The van der Waals surface area contributed by atoms with Gasteiger partial charge in [0.25, 0.3) is 0 Å². The van der Waals surface area contributed by atoms with Crippen LogP contribution in [-0.2, 0) is 9.31 Å². The first-order chi connectivity index (χ1) is 8.71. The van der Waals surface area contributed by atoms with Gasteiger partial charge in [-0.25, -0.2) is 0 Å². The van der Waals surface area contributed by atoms with E-state index >= 15 is 0 Å². The van der Waals surface area contributed by atoms with Gasteiger partial charge in [0, 0.05) is 6.20 Å². The first-order valence-corrected chi connectivity index (χ1v) is 5.98. The molecule has 0 saturated carbocycles. The second kappa shape index (κ2) is 4.72.